The fourth-order valence-electron chi connectivity index (χ4n) is 1.85. The van der Waals surface area contributed by atoms with E-state index < -0.39 is 0 Å². The van der Waals surface area contributed by atoms with E-state index in [0.717, 1.165) is 0 Å². The Kier molecular flexibility index (Phi) is 3.00. The van der Waals surface area contributed by atoms with Gasteiger partial charge in [0.2, 0.25) is 5.95 Å². The van der Waals surface area contributed by atoms with Crippen molar-refractivity contribution in [2.24, 2.45) is 7.05 Å². The van der Waals surface area contributed by atoms with Crippen LogP contribution in [0, 0.1) is 0 Å². The Morgan fingerprint density at radius 1 is 1.30 bits per heavy atom. The number of rotatable bonds is 3. The van der Waals surface area contributed by atoms with Crippen molar-refractivity contribution in [3.63, 3.8) is 0 Å². The zero-order valence-corrected chi connectivity index (χ0v) is 10.8. The van der Waals surface area contributed by atoms with Gasteiger partial charge in [0.05, 0.1) is 11.3 Å². The highest BCUT2D eigenvalue weighted by molar-refractivity contribution is 6.05. The van der Waals surface area contributed by atoms with Gasteiger partial charge < -0.3 is 4.57 Å². The fourth-order valence-corrected chi connectivity index (χ4v) is 1.85. The summed E-state index contributed by atoms with van der Waals surface area (Å²) in [5, 5.41) is 6.81. The molecule has 3 rings (SSSR count). The Morgan fingerprint density at radius 2 is 2.15 bits per heavy atom. The smallest absolute Gasteiger partial charge is 0.260 e. The van der Waals surface area contributed by atoms with Crippen molar-refractivity contribution in [2.75, 3.05) is 5.32 Å². The van der Waals surface area contributed by atoms with Crippen molar-refractivity contribution in [3.05, 3.63) is 54.9 Å². The van der Waals surface area contributed by atoms with Crippen molar-refractivity contribution >= 4 is 11.9 Å². The number of aromatic nitrogens is 5. The molecule has 0 aliphatic heterocycles. The van der Waals surface area contributed by atoms with Crippen LogP contribution in [0.4, 0.5) is 5.95 Å². The Bertz CT molecular complexity index is 731. The number of para-hydroxylation sites is 1. The van der Waals surface area contributed by atoms with Crippen LogP contribution in [0.15, 0.2) is 49.3 Å². The standard InChI is InChI=1S/C13H12N6O/c1-18-7-6-15-13(18)17-12(20)10-4-2-3-5-11(10)19-9-14-8-16-19/h2-9H,1H3,(H,15,17,20). The first kappa shape index (κ1) is 12.1. The second-order valence-corrected chi connectivity index (χ2v) is 4.17. The van der Waals surface area contributed by atoms with E-state index in [4.69, 9.17) is 0 Å². The van der Waals surface area contributed by atoms with Gasteiger partial charge in [-0.1, -0.05) is 12.1 Å². The lowest BCUT2D eigenvalue weighted by atomic mass is 10.1. The summed E-state index contributed by atoms with van der Waals surface area (Å²) in [5.41, 5.74) is 1.16. The number of amides is 1. The van der Waals surface area contributed by atoms with Gasteiger partial charge in [-0.15, -0.1) is 0 Å². The first-order chi connectivity index (χ1) is 9.75. The van der Waals surface area contributed by atoms with Gasteiger partial charge in [0.1, 0.15) is 12.7 Å². The maximum Gasteiger partial charge on any atom is 0.260 e. The van der Waals surface area contributed by atoms with Crippen molar-refractivity contribution in [3.8, 4) is 5.69 Å². The molecule has 0 bridgehead atoms. The lowest BCUT2D eigenvalue weighted by Gasteiger charge is -2.09. The molecule has 0 spiro atoms. The molecule has 3 aromatic rings. The number of imidazole rings is 1. The van der Waals surface area contributed by atoms with E-state index in [-0.39, 0.29) is 5.91 Å². The molecule has 0 fully saturated rings. The summed E-state index contributed by atoms with van der Waals surface area (Å²) in [5.74, 6) is 0.244. The predicted octanol–water partition coefficient (Wildman–Crippen LogP) is 1.25. The van der Waals surface area contributed by atoms with Crippen LogP contribution in [0.1, 0.15) is 10.4 Å². The molecule has 0 aliphatic rings. The minimum Gasteiger partial charge on any atom is -0.320 e. The van der Waals surface area contributed by atoms with Gasteiger partial charge in [-0.3, -0.25) is 10.1 Å². The van der Waals surface area contributed by atoms with Crippen molar-refractivity contribution in [1.29, 1.82) is 0 Å². The molecule has 2 aromatic heterocycles. The monoisotopic (exact) mass is 268 g/mol. The number of hydrogen-bond donors (Lipinski definition) is 1. The Hall–Kier alpha value is -2.96. The van der Waals surface area contributed by atoms with Gasteiger partial charge in [-0.05, 0) is 12.1 Å². The molecule has 1 aromatic carbocycles. The number of benzene rings is 1. The number of nitrogens with one attached hydrogen (secondary N) is 1. The lowest BCUT2D eigenvalue weighted by molar-refractivity contribution is 0.102. The fraction of sp³-hybridized carbons (Fsp3) is 0.0769. The van der Waals surface area contributed by atoms with Crippen LogP contribution in [0.2, 0.25) is 0 Å². The molecule has 7 heteroatoms. The normalized spacial score (nSPS) is 10.4. The van der Waals surface area contributed by atoms with Crippen LogP contribution in [0.25, 0.3) is 5.69 Å². The van der Waals surface area contributed by atoms with E-state index in [1.54, 1.807) is 40.1 Å². The first-order valence-electron chi connectivity index (χ1n) is 5.98. The number of carbonyl (C=O) groups is 1. The van der Waals surface area contributed by atoms with Crippen molar-refractivity contribution in [1.82, 2.24) is 24.3 Å². The zero-order chi connectivity index (χ0) is 13.9. The van der Waals surface area contributed by atoms with Gasteiger partial charge in [0.25, 0.3) is 5.91 Å². The molecule has 1 N–H and O–H groups in total. The maximum atomic E-state index is 12.4. The summed E-state index contributed by atoms with van der Waals surface area (Å²) in [6.45, 7) is 0. The average molecular weight is 268 g/mol. The summed E-state index contributed by atoms with van der Waals surface area (Å²) in [4.78, 5) is 20.3. The Labute approximate surface area is 114 Å². The summed E-state index contributed by atoms with van der Waals surface area (Å²) in [7, 11) is 1.81. The summed E-state index contributed by atoms with van der Waals surface area (Å²) >= 11 is 0. The molecule has 0 unspecified atom stereocenters. The number of nitrogens with zero attached hydrogens (tertiary/aromatic N) is 5. The van der Waals surface area contributed by atoms with Crippen molar-refractivity contribution < 1.29 is 4.79 Å². The number of anilines is 1. The van der Waals surface area contributed by atoms with Gasteiger partial charge >= 0.3 is 0 Å². The molecule has 100 valence electrons. The van der Waals surface area contributed by atoms with Crippen LogP contribution in [-0.4, -0.2) is 30.2 Å². The van der Waals surface area contributed by atoms with Gasteiger partial charge in [-0.2, -0.15) is 5.10 Å². The van der Waals surface area contributed by atoms with Gasteiger partial charge in [0.15, 0.2) is 0 Å². The molecule has 0 saturated heterocycles. The third kappa shape index (κ3) is 2.16. The summed E-state index contributed by atoms with van der Waals surface area (Å²) < 4.78 is 3.28. The molecule has 0 atom stereocenters. The Balaban J connectivity index is 1.94. The molecule has 1 amide bonds. The van der Waals surface area contributed by atoms with E-state index in [2.05, 4.69) is 20.4 Å². The molecule has 0 saturated carbocycles. The van der Waals surface area contributed by atoms with E-state index in [0.29, 0.717) is 17.2 Å². The second-order valence-electron chi connectivity index (χ2n) is 4.17. The van der Waals surface area contributed by atoms with Crippen LogP contribution in [-0.2, 0) is 7.05 Å². The SMILES string of the molecule is Cn1ccnc1NC(=O)c1ccccc1-n1cncn1. The largest absolute Gasteiger partial charge is 0.320 e. The van der Waals surface area contributed by atoms with E-state index in [1.165, 1.54) is 6.33 Å². The molecule has 2 heterocycles. The number of aryl methyl sites for hydroxylation is 1. The number of carbonyl (C=O) groups excluding carboxylic acids is 1. The quantitative estimate of drug-likeness (QED) is 0.775. The zero-order valence-electron chi connectivity index (χ0n) is 10.8. The summed E-state index contributed by atoms with van der Waals surface area (Å²) in [6.07, 6.45) is 6.36. The molecule has 0 aliphatic carbocycles. The third-order valence-corrected chi connectivity index (χ3v) is 2.86. The molecular formula is C13H12N6O. The highest BCUT2D eigenvalue weighted by Gasteiger charge is 2.14. The third-order valence-electron chi connectivity index (χ3n) is 2.86. The van der Waals surface area contributed by atoms with Crippen molar-refractivity contribution in [2.45, 2.75) is 0 Å². The minimum absolute atomic E-state index is 0.245. The van der Waals surface area contributed by atoms with Crippen LogP contribution in [0.3, 0.4) is 0 Å². The van der Waals surface area contributed by atoms with Crippen LogP contribution in [0.5, 0.6) is 0 Å². The summed E-state index contributed by atoms with van der Waals surface area (Å²) in [6, 6.07) is 7.18. The minimum atomic E-state index is -0.245. The van der Waals surface area contributed by atoms with Gasteiger partial charge in [-0.25, -0.2) is 14.6 Å². The van der Waals surface area contributed by atoms with E-state index in [9.17, 15) is 4.79 Å². The average Bonchev–Trinajstić information content (AvgIpc) is 3.11. The predicted molar refractivity (Wildman–Crippen MR) is 72.5 cm³/mol. The number of hydrogen-bond acceptors (Lipinski definition) is 4. The second kappa shape index (κ2) is 4.96. The Morgan fingerprint density at radius 3 is 2.85 bits per heavy atom. The lowest BCUT2D eigenvalue weighted by Crippen LogP contribution is -2.17. The van der Waals surface area contributed by atoms with E-state index in [1.807, 2.05) is 19.2 Å². The van der Waals surface area contributed by atoms with E-state index >= 15 is 0 Å². The molecular weight excluding hydrogens is 256 g/mol. The highest BCUT2D eigenvalue weighted by atomic mass is 16.1. The highest BCUT2D eigenvalue weighted by Crippen LogP contribution is 2.14. The van der Waals surface area contributed by atoms with Crippen LogP contribution < -0.4 is 5.32 Å². The molecule has 20 heavy (non-hydrogen) atoms. The molecule has 7 nitrogen and oxygen atoms in total. The topological polar surface area (TPSA) is 77.6 Å². The van der Waals surface area contributed by atoms with Crippen LogP contribution >= 0.6 is 0 Å². The molecule has 0 radical (unpaired) electrons. The first-order valence-corrected chi connectivity index (χ1v) is 5.98. The maximum absolute atomic E-state index is 12.4. The van der Waals surface area contributed by atoms with Gasteiger partial charge in [0, 0.05) is 19.4 Å².